The van der Waals surface area contributed by atoms with E-state index < -0.39 is 22.8 Å². The molecule has 3 N–H and O–H groups in total. The van der Waals surface area contributed by atoms with Gasteiger partial charge in [-0.2, -0.15) is 26.6 Å². The van der Waals surface area contributed by atoms with Gasteiger partial charge in [-0.1, -0.05) is 6.07 Å². The van der Waals surface area contributed by atoms with Crippen LogP contribution < -0.4 is 19.7 Å². The highest BCUT2D eigenvalue weighted by Crippen LogP contribution is 2.43. The first-order chi connectivity index (χ1) is 18.0. The summed E-state index contributed by atoms with van der Waals surface area (Å²) in [4.78, 5) is 18.6. The summed E-state index contributed by atoms with van der Waals surface area (Å²) < 4.78 is 66.9. The lowest BCUT2D eigenvalue weighted by atomic mass is 9.86. The fourth-order valence-corrected chi connectivity index (χ4v) is 6.78. The molecule has 5 rings (SSSR count). The largest absolute Gasteiger partial charge is 0.393 e. The molecule has 2 aliphatic heterocycles. The van der Waals surface area contributed by atoms with Crippen molar-refractivity contribution in [1.82, 2.24) is 24.6 Å². The Morgan fingerprint density at radius 3 is 2.61 bits per heavy atom. The van der Waals surface area contributed by atoms with E-state index >= 15 is 0 Å². The molecule has 3 aromatic heterocycles. The third-order valence-corrected chi connectivity index (χ3v) is 9.06. The molecule has 1 spiro atoms. The molecule has 0 amide bonds. The monoisotopic (exact) mass is 570 g/mol. The smallest absolute Gasteiger partial charge is 0.357 e. The highest BCUT2D eigenvalue weighted by atomic mass is 32.2. The number of rotatable bonds is 8. The van der Waals surface area contributed by atoms with E-state index in [-0.39, 0.29) is 16.1 Å². The molecule has 0 aromatic carbocycles. The zero-order chi connectivity index (χ0) is 27.1. The highest BCUT2D eigenvalue weighted by Gasteiger charge is 2.44. The van der Waals surface area contributed by atoms with Crippen molar-refractivity contribution in [3.8, 4) is 0 Å². The Morgan fingerprint density at radius 1 is 1.13 bits per heavy atom. The molecule has 0 radical (unpaired) electrons. The number of hydrogen-bond acceptors (Lipinski definition) is 9. The van der Waals surface area contributed by atoms with Crippen LogP contribution in [0.15, 0.2) is 24.4 Å². The summed E-state index contributed by atoms with van der Waals surface area (Å²) in [6, 6.07) is 5.08. The van der Waals surface area contributed by atoms with Crippen molar-refractivity contribution in [2.75, 3.05) is 55.2 Å². The van der Waals surface area contributed by atoms with E-state index in [9.17, 15) is 21.6 Å². The Morgan fingerprint density at radius 2 is 1.92 bits per heavy atom. The summed E-state index contributed by atoms with van der Waals surface area (Å²) in [5, 5.41) is 3.60. The molecule has 0 bridgehead atoms. The number of fused-ring (bicyclic) bond motifs is 1. The molecule has 1 unspecified atom stereocenters. The van der Waals surface area contributed by atoms with Gasteiger partial charge in [-0.15, -0.1) is 11.3 Å². The third-order valence-electron chi connectivity index (χ3n) is 7.02. The lowest BCUT2D eigenvalue weighted by Gasteiger charge is -2.25. The maximum absolute atomic E-state index is 13.0. The zero-order valence-electron chi connectivity index (χ0n) is 21.0. The van der Waals surface area contributed by atoms with Gasteiger partial charge in [-0.05, 0) is 37.1 Å². The van der Waals surface area contributed by atoms with Crippen LogP contribution in [0.5, 0.6) is 0 Å². The Kier molecular flexibility index (Phi) is 7.13. The number of likely N-dealkylation sites (tertiary alicyclic amines) is 1. The van der Waals surface area contributed by atoms with Crippen LogP contribution in [0.1, 0.15) is 23.3 Å². The SMILES string of the molecule is CNc1nc(N2CCC3(CCN(Cc4ccc(NS(=O)(=O)NC)nc4)C3)C2)c2cc(CC(F)(F)F)sc2n1. The fraction of sp³-hybridized carbons (Fsp3) is 0.522. The lowest BCUT2D eigenvalue weighted by Crippen LogP contribution is -2.31. The van der Waals surface area contributed by atoms with Gasteiger partial charge in [0.05, 0.1) is 11.8 Å². The van der Waals surface area contributed by atoms with Crippen molar-refractivity contribution in [3.05, 3.63) is 34.8 Å². The van der Waals surface area contributed by atoms with Gasteiger partial charge in [-0.25, -0.2) is 14.7 Å². The number of pyridine rings is 1. The fourth-order valence-electron chi connectivity index (χ4n) is 5.23. The van der Waals surface area contributed by atoms with E-state index in [0.717, 1.165) is 55.9 Å². The van der Waals surface area contributed by atoms with Crippen LogP contribution in [0.2, 0.25) is 0 Å². The van der Waals surface area contributed by atoms with Gasteiger partial charge in [0.25, 0.3) is 10.2 Å². The molecule has 3 aromatic rings. The van der Waals surface area contributed by atoms with Gasteiger partial charge < -0.3 is 10.2 Å². The molecule has 5 heterocycles. The molecule has 2 fully saturated rings. The summed E-state index contributed by atoms with van der Waals surface area (Å²) >= 11 is 1.06. The van der Waals surface area contributed by atoms with Crippen LogP contribution in [-0.2, 0) is 23.2 Å². The topological polar surface area (TPSA) is 115 Å². The van der Waals surface area contributed by atoms with Gasteiger partial charge in [0.15, 0.2) is 0 Å². The van der Waals surface area contributed by atoms with Crippen LogP contribution in [0.3, 0.4) is 0 Å². The molecule has 10 nitrogen and oxygen atoms in total. The first kappa shape index (κ1) is 26.8. The average molecular weight is 571 g/mol. The Balaban J connectivity index is 1.27. The number of anilines is 3. The van der Waals surface area contributed by atoms with Gasteiger partial charge in [0, 0.05) is 56.8 Å². The van der Waals surface area contributed by atoms with E-state index in [4.69, 9.17) is 0 Å². The number of hydrogen-bond donors (Lipinski definition) is 3. The molecular weight excluding hydrogens is 541 g/mol. The Labute approximate surface area is 222 Å². The Hall–Kier alpha value is -2.75. The van der Waals surface area contributed by atoms with Crippen molar-refractivity contribution in [1.29, 1.82) is 0 Å². The molecule has 38 heavy (non-hydrogen) atoms. The molecule has 0 aliphatic carbocycles. The predicted molar refractivity (Wildman–Crippen MR) is 142 cm³/mol. The van der Waals surface area contributed by atoms with E-state index in [2.05, 4.69) is 39.5 Å². The van der Waals surface area contributed by atoms with Gasteiger partial charge in [0.1, 0.15) is 16.5 Å². The number of alkyl halides is 3. The quantitative estimate of drug-likeness (QED) is 0.378. The van der Waals surface area contributed by atoms with E-state index in [0.29, 0.717) is 28.5 Å². The number of nitrogens with one attached hydrogen (secondary N) is 3. The second-order valence-electron chi connectivity index (χ2n) is 9.84. The molecule has 206 valence electrons. The number of halogens is 3. The first-order valence-electron chi connectivity index (χ1n) is 12.1. The average Bonchev–Trinajstić information content (AvgIpc) is 3.57. The maximum Gasteiger partial charge on any atom is 0.393 e. The van der Waals surface area contributed by atoms with Crippen molar-refractivity contribution >= 4 is 49.3 Å². The van der Waals surface area contributed by atoms with Gasteiger partial charge in [-0.3, -0.25) is 9.62 Å². The zero-order valence-corrected chi connectivity index (χ0v) is 22.6. The van der Waals surface area contributed by atoms with Crippen LogP contribution in [0.4, 0.5) is 30.8 Å². The molecule has 0 saturated carbocycles. The lowest BCUT2D eigenvalue weighted by molar-refractivity contribution is -0.126. The van der Waals surface area contributed by atoms with E-state index in [1.807, 2.05) is 6.07 Å². The van der Waals surface area contributed by atoms with E-state index in [1.54, 1.807) is 25.4 Å². The third kappa shape index (κ3) is 5.95. The summed E-state index contributed by atoms with van der Waals surface area (Å²) in [6.07, 6.45) is -1.61. The second-order valence-corrected chi connectivity index (χ2v) is 12.6. The Bertz CT molecular complexity index is 1410. The van der Waals surface area contributed by atoms with Crippen LogP contribution >= 0.6 is 11.3 Å². The van der Waals surface area contributed by atoms with Crippen molar-refractivity contribution < 1.29 is 21.6 Å². The first-order valence-corrected chi connectivity index (χ1v) is 14.4. The predicted octanol–water partition coefficient (Wildman–Crippen LogP) is 3.21. The van der Waals surface area contributed by atoms with Crippen LogP contribution in [0, 0.1) is 5.41 Å². The second kappa shape index (κ2) is 10.1. The molecule has 15 heteroatoms. The minimum atomic E-state index is -4.28. The van der Waals surface area contributed by atoms with Crippen molar-refractivity contribution in [2.24, 2.45) is 5.41 Å². The molecule has 2 saturated heterocycles. The standard InChI is InChI=1S/C23H29F3N8O2S2/c1-27-21-30-19(17-9-16(10-23(24,25)26)37-20(17)31-21)34-8-6-22(14-34)5-7-33(13-22)12-15-3-4-18(29-11-15)32-38(35,36)28-2/h3-4,9,11,28H,5-8,10,12-14H2,1-2H3,(H,29,32)(H,27,30,31). The van der Waals surface area contributed by atoms with Crippen LogP contribution in [0.25, 0.3) is 10.2 Å². The van der Waals surface area contributed by atoms with Gasteiger partial charge in [0.2, 0.25) is 5.95 Å². The van der Waals surface area contributed by atoms with Crippen molar-refractivity contribution in [3.63, 3.8) is 0 Å². The molecule has 2 aliphatic rings. The molecular formula is C23H29F3N8O2S2. The number of aromatic nitrogens is 3. The normalized spacial score (nSPS) is 20.6. The maximum atomic E-state index is 13.0. The summed E-state index contributed by atoms with van der Waals surface area (Å²) in [7, 11) is -0.593. The minimum absolute atomic E-state index is 0.0672. The van der Waals surface area contributed by atoms with Crippen molar-refractivity contribution in [2.45, 2.75) is 32.0 Å². The number of nitrogens with zero attached hydrogens (tertiary/aromatic N) is 5. The minimum Gasteiger partial charge on any atom is -0.357 e. The molecule has 1 atom stereocenters. The summed E-state index contributed by atoms with van der Waals surface area (Å²) in [6.45, 7) is 4.03. The highest BCUT2D eigenvalue weighted by molar-refractivity contribution is 7.90. The van der Waals surface area contributed by atoms with Crippen LogP contribution in [-0.4, -0.2) is 74.7 Å². The summed E-state index contributed by atoms with van der Waals surface area (Å²) in [5.74, 6) is 1.33. The van der Waals surface area contributed by atoms with E-state index in [1.165, 1.54) is 7.05 Å². The van der Waals surface area contributed by atoms with Gasteiger partial charge >= 0.3 is 6.18 Å². The number of thiophene rings is 1. The summed E-state index contributed by atoms with van der Waals surface area (Å²) in [5.41, 5.74) is 1.05.